The van der Waals surface area contributed by atoms with Crippen molar-refractivity contribution in [2.75, 3.05) is 20.2 Å². The highest BCUT2D eigenvalue weighted by Crippen LogP contribution is 2.28. The number of carbonyl (C=O) groups is 1. The fraction of sp³-hybridized carbons (Fsp3) is 0.385. The lowest BCUT2D eigenvalue weighted by molar-refractivity contribution is -0.144. The molecule has 1 fully saturated rings. The topological polar surface area (TPSA) is 87.5 Å². The number of carbonyl (C=O) groups excluding carboxylic acids is 1. The summed E-state index contributed by atoms with van der Waals surface area (Å²) < 4.78 is 31.0. The number of hydrogen-bond donors (Lipinski definition) is 0. The van der Waals surface area contributed by atoms with Crippen molar-refractivity contribution in [3.63, 3.8) is 0 Å². The van der Waals surface area contributed by atoms with Crippen molar-refractivity contribution < 1.29 is 17.9 Å². The van der Waals surface area contributed by atoms with Gasteiger partial charge in [-0.2, -0.15) is 9.57 Å². The van der Waals surface area contributed by atoms with Gasteiger partial charge in [0.25, 0.3) is 0 Å². The summed E-state index contributed by atoms with van der Waals surface area (Å²) in [6.45, 7) is 0.256. The van der Waals surface area contributed by atoms with Crippen molar-refractivity contribution >= 4 is 27.6 Å². The second kappa shape index (κ2) is 6.02. The third-order valence-corrected chi connectivity index (χ3v) is 5.51. The van der Waals surface area contributed by atoms with Gasteiger partial charge in [0.2, 0.25) is 10.0 Å². The summed E-state index contributed by atoms with van der Waals surface area (Å²) in [7, 11) is -2.59. The van der Waals surface area contributed by atoms with E-state index in [2.05, 4.69) is 4.74 Å². The maximum absolute atomic E-state index is 12.6. The van der Waals surface area contributed by atoms with E-state index in [0.717, 1.165) is 0 Å². The Labute approximate surface area is 127 Å². The van der Waals surface area contributed by atoms with Crippen molar-refractivity contribution in [1.29, 1.82) is 5.26 Å². The average molecular weight is 329 g/mol. The van der Waals surface area contributed by atoms with Gasteiger partial charge < -0.3 is 4.74 Å². The molecule has 0 aliphatic carbocycles. The molecule has 0 spiro atoms. The lowest BCUT2D eigenvalue weighted by atomic mass is 10.1. The molecule has 8 heteroatoms. The molecular weight excluding hydrogens is 316 g/mol. The summed E-state index contributed by atoms with van der Waals surface area (Å²) in [5.74, 6) is -0.909. The van der Waals surface area contributed by atoms with Crippen LogP contribution < -0.4 is 0 Å². The predicted molar refractivity (Wildman–Crippen MR) is 75.0 cm³/mol. The van der Waals surface area contributed by atoms with E-state index in [-0.39, 0.29) is 28.6 Å². The summed E-state index contributed by atoms with van der Waals surface area (Å²) >= 11 is 5.82. The molecule has 21 heavy (non-hydrogen) atoms. The first-order valence-corrected chi connectivity index (χ1v) is 7.99. The van der Waals surface area contributed by atoms with Crippen molar-refractivity contribution in [2.45, 2.75) is 11.3 Å². The minimum atomic E-state index is -3.86. The molecule has 1 unspecified atom stereocenters. The van der Waals surface area contributed by atoms with Crippen LogP contribution in [0.1, 0.15) is 12.0 Å². The predicted octanol–water partition coefficient (Wildman–Crippen LogP) is 1.40. The first kappa shape index (κ1) is 15.8. The number of rotatable bonds is 3. The van der Waals surface area contributed by atoms with Gasteiger partial charge in [0.1, 0.15) is 11.0 Å². The molecule has 1 aromatic carbocycles. The van der Waals surface area contributed by atoms with E-state index in [9.17, 15) is 13.2 Å². The molecule has 1 aliphatic heterocycles. The van der Waals surface area contributed by atoms with Crippen LogP contribution in [-0.2, 0) is 19.6 Å². The zero-order valence-electron chi connectivity index (χ0n) is 11.2. The molecule has 1 aliphatic rings. The quantitative estimate of drug-likeness (QED) is 0.782. The van der Waals surface area contributed by atoms with Gasteiger partial charge in [0, 0.05) is 18.1 Å². The lowest BCUT2D eigenvalue weighted by Crippen LogP contribution is -2.30. The van der Waals surface area contributed by atoms with Crippen molar-refractivity contribution in [3.8, 4) is 6.07 Å². The molecule has 0 N–H and O–H groups in total. The smallest absolute Gasteiger partial charge is 0.310 e. The number of benzene rings is 1. The Kier molecular flexibility index (Phi) is 4.52. The van der Waals surface area contributed by atoms with E-state index in [0.29, 0.717) is 6.42 Å². The van der Waals surface area contributed by atoms with Crippen LogP contribution in [0, 0.1) is 17.2 Å². The maximum atomic E-state index is 12.6. The molecule has 0 aromatic heterocycles. The number of sulfonamides is 1. The monoisotopic (exact) mass is 328 g/mol. The highest BCUT2D eigenvalue weighted by atomic mass is 35.5. The summed E-state index contributed by atoms with van der Waals surface area (Å²) in [6, 6.07) is 5.92. The maximum Gasteiger partial charge on any atom is 0.310 e. The zero-order chi connectivity index (χ0) is 15.6. The molecule has 112 valence electrons. The summed E-state index contributed by atoms with van der Waals surface area (Å²) in [5.41, 5.74) is 0.0286. The van der Waals surface area contributed by atoms with E-state index < -0.39 is 21.9 Å². The summed E-state index contributed by atoms with van der Waals surface area (Å²) in [5, 5.41) is 9.28. The number of esters is 1. The van der Waals surface area contributed by atoms with E-state index in [1.54, 1.807) is 0 Å². The molecule has 0 amide bonds. The van der Waals surface area contributed by atoms with Crippen LogP contribution in [0.25, 0.3) is 0 Å². The van der Waals surface area contributed by atoms with E-state index in [1.807, 2.05) is 6.07 Å². The summed E-state index contributed by atoms with van der Waals surface area (Å²) in [6.07, 6.45) is 0.397. The number of hydrogen-bond acceptors (Lipinski definition) is 5. The third-order valence-electron chi connectivity index (χ3n) is 3.37. The number of nitrogens with zero attached hydrogens (tertiary/aromatic N) is 2. The Morgan fingerprint density at radius 1 is 1.52 bits per heavy atom. The van der Waals surface area contributed by atoms with Gasteiger partial charge in [0.05, 0.1) is 18.6 Å². The van der Waals surface area contributed by atoms with Gasteiger partial charge in [-0.05, 0) is 24.6 Å². The minimum Gasteiger partial charge on any atom is -0.469 e. The first-order valence-electron chi connectivity index (χ1n) is 6.17. The van der Waals surface area contributed by atoms with Crippen molar-refractivity contribution in [3.05, 3.63) is 28.8 Å². The third kappa shape index (κ3) is 3.02. The van der Waals surface area contributed by atoms with Crippen LogP contribution in [0.15, 0.2) is 23.1 Å². The Hall–Kier alpha value is -1.62. The van der Waals surface area contributed by atoms with Crippen LogP contribution in [-0.4, -0.2) is 38.9 Å². The van der Waals surface area contributed by atoms with E-state index >= 15 is 0 Å². The Balaban J connectivity index is 2.34. The number of halogens is 1. The number of methoxy groups -OCH3 is 1. The van der Waals surface area contributed by atoms with Gasteiger partial charge in [-0.15, -0.1) is 0 Å². The normalized spacial score (nSPS) is 19.2. The first-order chi connectivity index (χ1) is 9.90. The number of ether oxygens (including phenoxy) is 1. The van der Waals surface area contributed by atoms with Crippen LogP contribution in [0.4, 0.5) is 0 Å². The van der Waals surface area contributed by atoms with Crippen molar-refractivity contribution in [2.24, 2.45) is 5.92 Å². The molecular formula is C13H13ClN2O4S. The largest absolute Gasteiger partial charge is 0.469 e. The van der Waals surface area contributed by atoms with Crippen LogP contribution in [0.5, 0.6) is 0 Å². The molecule has 1 saturated heterocycles. The van der Waals surface area contributed by atoms with Crippen molar-refractivity contribution in [1.82, 2.24) is 4.31 Å². The Morgan fingerprint density at radius 3 is 2.86 bits per heavy atom. The second-order valence-electron chi connectivity index (χ2n) is 4.62. The molecule has 2 rings (SSSR count). The molecule has 1 aromatic rings. The van der Waals surface area contributed by atoms with E-state index in [4.69, 9.17) is 16.9 Å². The molecule has 0 radical (unpaired) electrons. The second-order valence-corrected chi connectivity index (χ2v) is 6.97. The minimum absolute atomic E-state index is 0.0286. The highest BCUT2D eigenvalue weighted by Gasteiger charge is 2.37. The summed E-state index contributed by atoms with van der Waals surface area (Å²) in [4.78, 5) is 11.3. The lowest BCUT2D eigenvalue weighted by Gasteiger charge is -2.17. The molecule has 0 bridgehead atoms. The highest BCUT2D eigenvalue weighted by molar-refractivity contribution is 7.89. The standard InChI is InChI=1S/C13H13ClN2O4S/c1-20-13(17)10-4-5-16(8-10)21(18,19)12-6-11(14)3-2-9(12)7-15/h2-3,6,10H,4-5,8H2,1H3. The molecule has 0 saturated carbocycles. The van der Waals surface area contributed by atoms with Crippen LogP contribution >= 0.6 is 11.6 Å². The SMILES string of the molecule is COC(=O)C1CCN(S(=O)(=O)c2cc(Cl)ccc2C#N)C1. The van der Waals surface area contributed by atoms with Crippen LogP contribution in [0.3, 0.4) is 0 Å². The molecule has 6 nitrogen and oxygen atoms in total. The van der Waals surface area contributed by atoms with Gasteiger partial charge in [-0.25, -0.2) is 8.42 Å². The molecule has 1 atom stereocenters. The van der Waals surface area contributed by atoms with Gasteiger partial charge in [-0.3, -0.25) is 4.79 Å². The van der Waals surface area contributed by atoms with Gasteiger partial charge >= 0.3 is 5.97 Å². The number of nitriles is 1. The Morgan fingerprint density at radius 2 is 2.24 bits per heavy atom. The van der Waals surface area contributed by atoms with E-state index in [1.165, 1.54) is 29.6 Å². The molecule has 1 heterocycles. The Bertz CT molecular complexity index is 711. The fourth-order valence-corrected chi connectivity index (χ4v) is 4.15. The fourth-order valence-electron chi connectivity index (χ4n) is 2.25. The van der Waals surface area contributed by atoms with Crippen LogP contribution in [0.2, 0.25) is 5.02 Å². The zero-order valence-corrected chi connectivity index (χ0v) is 12.8. The van der Waals surface area contributed by atoms with Gasteiger partial charge in [0.15, 0.2) is 0 Å². The average Bonchev–Trinajstić information content (AvgIpc) is 2.97. The van der Waals surface area contributed by atoms with Gasteiger partial charge in [-0.1, -0.05) is 11.6 Å².